The summed E-state index contributed by atoms with van der Waals surface area (Å²) in [5.74, 6) is -0.410. The fourth-order valence-corrected chi connectivity index (χ4v) is 2.75. The number of fused-ring (bicyclic) bond motifs is 1. The smallest absolute Gasteiger partial charge is 0.338 e. The third-order valence-electron chi connectivity index (χ3n) is 4.09. The minimum Gasteiger partial charge on any atom is -0.462 e. The Hall–Kier alpha value is -3.48. The molecule has 3 rings (SSSR count). The Balaban J connectivity index is 1.72. The van der Waals surface area contributed by atoms with Gasteiger partial charge in [0, 0.05) is 36.4 Å². The molecule has 0 saturated carbocycles. The van der Waals surface area contributed by atoms with Gasteiger partial charge in [-0.3, -0.25) is 4.98 Å². The Morgan fingerprint density at radius 2 is 1.86 bits per heavy atom. The number of pyridine rings is 2. The van der Waals surface area contributed by atoms with Crippen LogP contribution in [0, 0.1) is 0 Å². The molecule has 1 aromatic carbocycles. The quantitative estimate of drug-likeness (QED) is 0.487. The van der Waals surface area contributed by atoms with Crippen LogP contribution in [0.5, 0.6) is 0 Å². The van der Waals surface area contributed by atoms with Gasteiger partial charge in [0.2, 0.25) is 0 Å². The average Bonchev–Trinajstić information content (AvgIpc) is 2.73. The second-order valence-corrected chi connectivity index (χ2v) is 6.08. The summed E-state index contributed by atoms with van der Waals surface area (Å²) in [6, 6.07) is 12.7. The first kappa shape index (κ1) is 19.3. The van der Waals surface area contributed by atoms with E-state index in [4.69, 9.17) is 4.74 Å². The van der Waals surface area contributed by atoms with E-state index in [1.165, 1.54) is 0 Å². The van der Waals surface area contributed by atoms with Crippen molar-refractivity contribution in [3.8, 4) is 11.3 Å². The van der Waals surface area contributed by atoms with Crippen molar-refractivity contribution in [2.45, 2.75) is 13.3 Å². The number of nitrogens with zero attached hydrogens (tertiary/aromatic N) is 2. The fraction of sp³-hybridized carbons (Fsp3) is 0.238. The van der Waals surface area contributed by atoms with Gasteiger partial charge in [-0.1, -0.05) is 18.2 Å². The summed E-state index contributed by atoms with van der Waals surface area (Å²) in [7, 11) is 0. The molecule has 28 heavy (non-hydrogen) atoms. The van der Waals surface area contributed by atoms with Crippen LogP contribution in [-0.2, 0) is 4.74 Å². The summed E-state index contributed by atoms with van der Waals surface area (Å²) >= 11 is 0. The molecule has 144 valence electrons. The van der Waals surface area contributed by atoms with Gasteiger partial charge in [-0.05, 0) is 37.6 Å². The van der Waals surface area contributed by atoms with Gasteiger partial charge in [-0.25, -0.2) is 14.6 Å². The first-order valence-electron chi connectivity index (χ1n) is 9.18. The third-order valence-corrected chi connectivity index (χ3v) is 4.09. The van der Waals surface area contributed by atoms with Gasteiger partial charge in [-0.2, -0.15) is 0 Å². The number of hydrogen-bond donors (Lipinski definition) is 2. The predicted octanol–water partition coefficient (Wildman–Crippen LogP) is 3.16. The Bertz CT molecular complexity index is 960. The summed E-state index contributed by atoms with van der Waals surface area (Å²) in [6.45, 7) is 3.06. The highest BCUT2D eigenvalue weighted by molar-refractivity contribution is 6.04. The highest BCUT2D eigenvalue weighted by Gasteiger charge is 2.15. The molecule has 0 saturated heterocycles. The van der Waals surface area contributed by atoms with E-state index in [0.29, 0.717) is 30.8 Å². The molecular weight excluding hydrogens is 356 g/mol. The van der Waals surface area contributed by atoms with Gasteiger partial charge in [0.25, 0.3) is 0 Å². The first-order valence-corrected chi connectivity index (χ1v) is 9.18. The maximum absolute atomic E-state index is 12.7. The van der Waals surface area contributed by atoms with Crippen LogP contribution in [0.2, 0.25) is 0 Å². The molecule has 0 atom stereocenters. The standard InChI is InChI=1S/C21H22N4O3/c1-2-23-21(27)24-10-5-13-28-20(26)17-14-19(15-8-11-22-12-9-15)25-18-7-4-3-6-16(17)18/h3-4,6-9,11-12,14H,2,5,10,13H2,1H3,(H2,23,24,27). The lowest BCUT2D eigenvalue weighted by Gasteiger charge is -2.10. The first-order chi connectivity index (χ1) is 13.7. The lowest BCUT2D eigenvalue weighted by Crippen LogP contribution is -2.36. The summed E-state index contributed by atoms with van der Waals surface area (Å²) in [6.07, 6.45) is 3.90. The van der Waals surface area contributed by atoms with Crippen LogP contribution >= 0.6 is 0 Å². The van der Waals surface area contributed by atoms with Crippen molar-refractivity contribution in [3.05, 3.63) is 60.4 Å². The number of carbonyl (C=O) groups is 2. The second kappa shape index (κ2) is 9.45. The van der Waals surface area contributed by atoms with Gasteiger partial charge in [0.15, 0.2) is 0 Å². The van der Waals surface area contributed by atoms with Gasteiger partial charge >= 0.3 is 12.0 Å². The van der Waals surface area contributed by atoms with Crippen molar-refractivity contribution in [3.63, 3.8) is 0 Å². The Morgan fingerprint density at radius 1 is 1.07 bits per heavy atom. The summed E-state index contributed by atoms with van der Waals surface area (Å²) in [5, 5.41) is 6.09. The molecule has 0 aliphatic heterocycles. The number of urea groups is 1. The summed E-state index contributed by atoms with van der Waals surface area (Å²) < 4.78 is 5.42. The van der Waals surface area contributed by atoms with Crippen LogP contribution in [-0.4, -0.2) is 41.7 Å². The van der Waals surface area contributed by atoms with Crippen molar-refractivity contribution < 1.29 is 14.3 Å². The number of benzene rings is 1. The van der Waals surface area contributed by atoms with Crippen LogP contribution < -0.4 is 10.6 Å². The van der Waals surface area contributed by atoms with E-state index in [1.807, 2.05) is 43.3 Å². The number of amides is 2. The topological polar surface area (TPSA) is 93.2 Å². The van der Waals surface area contributed by atoms with Crippen molar-refractivity contribution in [2.75, 3.05) is 19.7 Å². The fourth-order valence-electron chi connectivity index (χ4n) is 2.75. The Labute approximate surface area is 163 Å². The van der Waals surface area contributed by atoms with Crippen molar-refractivity contribution in [1.82, 2.24) is 20.6 Å². The van der Waals surface area contributed by atoms with E-state index in [9.17, 15) is 9.59 Å². The molecular formula is C21H22N4O3. The SMILES string of the molecule is CCNC(=O)NCCCOC(=O)c1cc(-c2ccncc2)nc2ccccc12. The van der Waals surface area contributed by atoms with Gasteiger partial charge in [0.05, 0.1) is 23.4 Å². The van der Waals surface area contributed by atoms with Gasteiger partial charge in [-0.15, -0.1) is 0 Å². The van der Waals surface area contributed by atoms with Gasteiger partial charge in [0.1, 0.15) is 0 Å². The Morgan fingerprint density at radius 3 is 2.64 bits per heavy atom. The molecule has 2 heterocycles. The molecule has 3 aromatic rings. The number of carbonyl (C=O) groups excluding carboxylic acids is 2. The van der Waals surface area contributed by atoms with E-state index in [-0.39, 0.29) is 12.6 Å². The molecule has 2 aromatic heterocycles. The van der Waals surface area contributed by atoms with E-state index in [0.717, 1.165) is 16.5 Å². The predicted molar refractivity (Wildman–Crippen MR) is 107 cm³/mol. The average molecular weight is 378 g/mol. The number of aromatic nitrogens is 2. The van der Waals surface area contributed by atoms with Crippen LogP contribution in [0.15, 0.2) is 54.9 Å². The van der Waals surface area contributed by atoms with Crippen LogP contribution in [0.3, 0.4) is 0 Å². The molecule has 0 spiro atoms. The van der Waals surface area contributed by atoms with Crippen LogP contribution in [0.4, 0.5) is 4.79 Å². The zero-order valence-corrected chi connectivity index (χ0v) is 15.6. The number of ether oxygens (including phenoxy) is 1. The monoisotopic (exact) mass is 378 g/mol. The summed E-state index contributed by atoms with van der Waals surface area (Å²) in [5.41, 5.74) is 2.75. The zero-order chi connectivity index (χ0) is 19.8. The third kappa shape index (κ3) is 4.82. The number of rotatable bonds is 7. The largest absolute Gasteiger partial charge is 0.462 e. The zero-order valence-electron chi connectivity index (χ0n) is 15.6. The minimum absolute atomic E-state index is 0.215. The van der Waals surface area contributed by atoms with Crippen molar-refractivity contribution >= 4 is 22.9 Å². The highest BCUT2D eigenvalue weighted by atomic mass is 16.5. The molecule has 0 bridgehead atoms. The number of esters is 1. The molecule has 0 unspecified atom stereocenters. The molecule has 0 fully saturated rings. The van der Waals surface area contributed by atoms with E-state index >= 15 is 0 Å². The minimum atomic E-state index is -0.410. The lowest BCUT2D eigenvalue weighted by atomic mass is 10.0. The number of hydrogen-bond acceptors (Lipinski definition) is 5. The van der Waals surface area contributed by atoms with Crippen LogP contribution in [0.25, 0.3) is 22.2 Å². The van der Waals surface area contributed by atoms with E-state index in [1.54, 1.807) is 18.5 Å². The summed E-state index contributed by atoms with van der Waals surface area (Å²) in [4.78, 5) is 32.7. The van der Waals surface area contributed by atoms with Crippen LogP contribution in [0.1, 0.15) is 23.7 Å². The second-order valence-electron chi connectivity index (χ2n) is 6.08. The Kier molecular flexibility index (Phi) is 6.51. The molecule has 0 radical (unpaired) electrons. The molecule has 7 nitrogen and oxygen atoms in total. The maximum Gasteiger partial charge on any atom is 0.338 e. The molecule has 7 heteroatoms. The van der Waals surface area contributed by atoms with Crippen molar-refractivity contribution in [2.24, 2.45) is 0 Å². The molecule has 2 amide bonds. The number of para-hydroxylation sites is 1. The number of nitrogens with one attached hydrogen (secondary N) is 2. The normalized spacial score (nSPS) is 10.5. The highest BCUT2D eigenvalue weighted by Crippen LogP contribution is 2.25. The maximum atomic E-state index is 12.7. The lowest BCUT2D eigenvalue weighted by molar-refractivity contribution is 0.0504. The van der Waals surface area contributed by atoms with Crippen molar-refractivity contribution in [1.29, 1.82) is 0 Å². The van der Waals surface area contributed by atoms with E-state index in [2.05, 4.69) is 20.6 Å². The van der Waals surface area contributed by atoms with Gasteiger partial charge < -0.3 is 15.4 Å². The molecule has 0 aliphatic rings. The molecule has 0 aliphatic carbocycles. The van der Waals surface area contributed by atoms with E-state index < -0.39 is 5.97 Å². The molecule has 2 N–H and O–H groups in total.